The van der Waals surface area contributed by atoms with Crippen LogP contribution in [0.4, 0.5) is 16.0 Å². The van der Waals surface area contributed by atoms with E-state index in [-0.39, 0.29) is 17.6 Å². The Labute approximate surface area is 202 Å². The van der Waals surface area contributed by atoms with E-state index in [9.17, 15) is 9.50 Å². The standard InChI is InChI=1S/C24H31FN8O2/c1-13-6-15(11-31(10-13)19-9-27-32(14(19)2)12-24(3,4)34)21-29-22-16-7-17(25)20(35-5)8-18(16)28-23(26)33(22)30-21/h7-9,13,15,34H,6,10-12H2,1-5H3,(H2,26,28). The Morgan fingerprint density at radius 3 is 2.74 bits per heavy atom. The predicted octanol–water partition coefficient (Wildman–Crippen LogP) is 2.91. The van der Waals surface area contributed by atoms with Crippen LogP contribution in [0.5, 0.6) is 5.75 Å². The van der Waals surface area contributed by atoms with Crippen LogP contribution in [0.25, 0.3) is 16.6 Å². The molecule has 4 heterocycles. The summed E-state index contributed by atoms with van der Waals surface area (Å²) in [6.45, 7) is 9.79. The third-order valence-electron chi connectivity index (χ3n) is 6.57. The van der Waals surface area contributed by atoms with Crippen molar-refractivity contribution in [3.05, 3.63) is 35.7 Å². The van der Waals surface area contributed by atoms with Gasteiger partial charge in [0, 0.05) is 30.5 Å². The highest BCUT2D eigenvalue weighted by molar-refractivity contribution is 5.93. The Kier molecular flexibility index (Phi) is 5.54. The average Bonchev–Trinajstić information content (AvgIpc) is 3.38. The largest absolute Gasteiger partial charge is 0.494 e. The molecule has 0 spiro atoms. The number of halogens is 1. The Morgan fingerprint density at radius 1 is 1.26 bits per heavy atom. The number of anilines is 2. The summed E-state index contributed by atoms with van der Waals surface area (Å²) in [6, 6.07) is 2.89. The van der Waals surface area contributed by atoms with E-state index in [2.05, 4.69) is 27.0 Å². The molecule has 3 aromatic heterocycles. The molecule has 186 valence electrons. The van der Waals surface area contributed by atoms with Crippen LogP contribution >= 0.6 is 0 Å². The molecule has 0 amide bonds. The number of benzene rings is 1. The Hall–Kier alpha value is -3.47. The van der Waals surface area contributed by atoms with Crippen molar-refractivity contribution in [2.75, 3.05) is 30.8 Å². The lowest BCUT2D eigenvalue weighted by atomic mass is 9.89. The molecule has 2 unspecified atom stereocenters. The van der Waals surface area contributed by atoms with Crippen LogP contribution in [0, 0.1) is 18.7 Å². The highest BCUT2D eigenvalue weighted by Crippen LogP contribution is 2.34. The number of aromatic nitrogens is 6. The number of rotatable bonds is 5. The Morgan fingerprint density at radius 2 is 2.03 bits per heavy atom. The second-order valence-corrected chi connectivity index (χ2v) is 10.2. The van der Waals surface area contributed by atoms with Gasteiger partial charge in [-0.3, -0.25) is 4.68 Å². The fraction of sp³-hybridized carbons (Fsp3) is 0.500. The van der Waals surface area contributed by atoms with Crippen molar-refractivity contribution in [3.8, 4) is 5.75 Å². The summed E-state index contributed by atoms with van der Waals surface area (Å²) < 4.78 is 22.9. The number of nitrogen functional groups attached to an aromatic ring is 1. The minimum atomic E-state index is -0.855. The van der Waals surface area contributed by atoms with Crippen LogP contribution in [-0.4, -0.2) is 60.3 Å². The zero-order valence-corrected chi connectivity index (χ0v) is 20.7. The summed E-state index contributed by atoms with van der Waals surface area (Å²) in [4.78, 5) is 11.5. The lowest BCUT2D eigenvalue weighted by Crippen LogP contribution is -2.39. The second kappa shape index (κ2) is 8.33. The maximum Gasteiger partial charge on any atom is 0.223 e. The number of piperidine rings is 1. The van der Waals surface area contributed by atoms with Crippen LogP contribution in [0.3, 0.4) is 0 Å². The van der Waals surface area contributed by atoms with Gasteiger partial charge in [0.25, 0.3) is 0 Å². The van der Waals surface area contributed by atoms with Crippen LogP contribution < -0.4 is 15.4 Å². The van der Waals surface area contributed by atoms with Crippen LogP contribution in [0.15, 0.2) is 18.3 Å². The average molecular weight is 483 g/mol. The van der Waals surface area contributed by atoms with Crippen LogP contribution in [0.1, 0.15) is 44.6 Å². The van der Waals surface area contributed by atoms with E-state index in [0.717, 1.165) is 24.3 Å². The number of hydrogen-bond acceptors (Lipinski definition) is 8. The van der Waals surface area contributed by atoms with Crippen LogP contribution in [0.2, 0.25) is 0 Å². The van der Waals surface area contributed by atoms with E-state index in [4.69, 9.17) is 15.5 Å². The number of nitrogens with two attached hydrogens (primary N) is 1. The molecule has 0 bridgehead atoms. The van der Waals surface area contributed by atoms with Gasteiger partial charge in [0.15, 0.2) is 23.0 Å². The van der Waals surface area contributed by atoms with Crippen molar-refractivity contribution < 1.29 is 14.2 Å². The molecule has 5 rings (SSSR count). The van der Waals surface area contributed by atoms with Gasteiger partial charge in [0.05, 0.1) is 42.4 Å². The number of methoxy groups -OCH3 is 1. The van der Waals surface area contributed by atoms with Gasteiger partial charge >= 0.3 is 0 Å². The fourth-order valence-corrected chi connectivity index (χ4v) is 4.98. The molecular formula is C24H31FN8O2. The maximum absolute atomic E-state index is 14.5. The van der Waals surface area contributed by atoms with Gasteiger partial charge in [-0.15, -0.1) is 5.10 Å². The predicted molar refractivity (Wildman–Crippen MR) is 131 cm³/mol. The summed E-state index contributed by atoms with van der Waals surface area (Å²) in [7, 11) is 1.41. The van der Waals surface area contributed by atoms with Crippen molar-refractivity contribution in [2.45, 2.75) is 52.2 Å². The summed E-state index contributed by atoms with van der Waals surface area (Å²) >= 11 is 0. The third-order valence-corrected chi connectivity index (χ3v) is 6.57. The van der Waals surface area contributed by atoms with E-state index in [0.29, 0.717) is 41.4 Å². The summed E-state index contributed by atoms with van der Waals surface area (Å²) in [5, 5.41) is 19.9. The smallest absolute Gasteiger partial charge is 0.223 e. The molecule has 3 N–H and O–H groups in total. The number of ether oxygens (including phenoxy) is 1. The number of nitrogens with zero attached hydrogens (tertiary/aromatic N) is 7. The first-order valence-corrected chi connectivity index (χ1v) is 11.7. The fourth-order valence-electron chi connectivity index (χ4n) is 4.98. The lowest BCUT2D eigenvalue weighted by molar-refractivity contribution is 0.0571. The molecule has 0 radical (unpaired) electrons. The van der Waals surface area contributed by atoms with E-state index >= 15 is 0 Å². The number of fused-ring (bicyclic) bond motifs is 3. The van der Waals surface area contributed by atoms with Crippen molar-refractivity contribution in [1.29, 1.82) is 0 Å². The quantitative estimate of drug-likeness (QED) is 0.446. The van der Waals surface area contributed by atoms with E-state index in [1.165, 1.54) is 23.8 Å². The monoisotopic (exact) mass is 482 g/mol. The second-order valence-electron chi connectivity index (χ2n) is 10.2. The first-order chi connectivity index (χ1) is 16.5. The Bertz CT molecular complexity index is 1410. The molecule has 11 heteroatoms. The van der Waals surface area contributed by atoms with Crippen molar-refractivity contribution in [1.82, 2.24) is 29.4 Å². The maximum atomic E-state index is 14.5. The lowest BCUT2D eigenvalue weighted by Gasteiger charge is -2.36. The zero-order chi connectivity index (χ0) is 25.1. The Balaban J connectivity index is 1.50. The molecular weight excluding hydrogens is 451 g/mol. The van der Waals surface area contributed by atoms with Gasteiger partial charge in [-0.25, -0.2) is 14.4 Å². The molecule has 2 atom stereocenters. The SMILES string of the molecule is COc1cc2nc(N)n3nc(C4CC(C)CN(c5cnn(CC(C)(C)O)c5C)C4)nc3c2cc1F. The molecule has 1 aromatic carbocycles. The first kappa shape index (κ1) is 23.3. The van der Waals surface area contributed by atoms with Gasteiger partial charge in [-0.05, 0) is 39.2 Å². The van der Waals surface area contributed by atoms with E-state index in [1.807, 2.05) is 17.8 Å². The van der Waals surface area contributed by atoms with Crippen molar-refractivity contribution in [3.63, 3.8) is 0 Å². The summed E-state index contributed by atoms with van der Waals surface area (Å²) in [6.07, 6.45) is 2.77. The minimum absolute atomic E-state index is 0.0493. The number of hydrogen-bond donors (Lipinski definition) is 2. The topological polar surface area (TPSA) is 120 Å². The molecule has 10 nitrogen and oxygen atoms in total. The number of aliphatic hydroxyl groups is 1. The molecule has 1 fully saturated rings. The molecule has 1 aliphatic heterocycles. The summed E-state index contributed by atoms with van der Waals surface area (Å²) in [5.41, 5.74) is 8.35. The highest BCUT2D eigenvalue weighted by atomic mass is 19.1. The van der Waals surface area contributed by atoms with Gasteiger partial charge in [-0.2, -0.15) is 9.61 Å². The van der Waals surface area contributed by atoms with E-state index in [1.54, 1.807) is 13.8 Å². The van der Waals surface area contributed by atoms with Crippen molar-refractivity contribution >= 4 is 28.2 Å². The van der Waals surface area contributed by atoms with E-state index < -0.39 is 11.4 Å². The molecule has 0 saturated carbocycles. The molecule has 1 aliphatic rings. The van der Waals surface area contributed by atoms with Crippen molar-refractivity contribution in [2.24, 2.45) is 5.92 Å². The normalized spacial score (nSPS) is 19.1. The van der Waals surface area contributed by atoms with Gasteiger partial charge < -0.3 is 20.5 Å². The summed E-state index contributed by atoms with van der Waals surface area (Å²) in [5.74, 6) is 0.893. The highest BCUT2D eigenvalue weighted by Gasteiger charge is 2.31. The molecule has 35 heavy (non-hydrogen) atoms. The molecule has 1 saturated heterocycles. The molecule has 4 aromatic rings. The van der Waals surface area contributed by atoms with Gasteiger partial charge in [0.1, 0.15) is 0 Å². The third kappa shape index (κ3) is 4.24. The van der Waals surface area contributed by atoms with Gasteiger partial charge in [0.2, 0.25) is 5.95 Å². The van der Waals surface area contributed by atoms with Crippen LogP contribution in [-0.2, 0) is 6.54 Å². The molecule has 0 aliphatic carbocycles. The van der Waals surface area contributed by atoms with Gasteiger partial charge in [-0.1, -0.05) is 6.92 Å². The zero-order valence-electron chi connectivity index (χ0n) is 20.7. The first-order valence-electron chi connectivity index (χ1n) is 11.7. The minimum Gasteiger partial charge on any atom is -0.494 e.